The van der Waals surface area contributed by atoms with Crippen LogP contribution in [0.15, 0.2) is 0 Å². The number of aliphatic hydroxyl groups excluding tert-OH is 3. The van der Waals surface area contributed by atoms with E-state index in [1.54, 1.807) is 0 Å². The lowest BCUT2D eigenvalue weighted by Crippen LogP contribution is -2.66. The van der Waals surface area contributed by atoms with Gasteiger partial charge >= 0.3 is 23.9 Å². The quantitative estimate of drug-likeness (QED) is 0.144. The lowest BCUT2D eigenvalue weighted by molar-refractivity contribution is -0.362. The summed E-state index contributed by atoms with van der Waals surface area (Å²) in [4.78, 5) is 58.0. The van der Waals surface area contributed by atoms with Gasteiger partial charge < -0.3 is 53.2 Å². The second-order valence-corrected chi connectivity index (χ2v) is 8.10. The highest BCUT2D eigenvalue weighted by atomic mass is 16.8. The number of esters is 4. The third-order valence-electron chi connectivity index (χ3n) is 5.27. The van der Waals surface area contributed by atoms with Crippen molar-refractivity contribution >= 4 is 30.3 Å². The van der Waals surface area contributed by atoms with Crippen LogP contribution in [0.2, 0.25) is 0 Å². The minimum Gasteiger partial charge on any atom is -0.463 e. The molecule has 0 unspecified atom stereocenters. The Balaban J connectivity index is 2.47. The van der Waals surface area contributed by atoms with E-state index >= 15 is 0 Å². The molecule has 0 amide bonds. The molecule has 0 aromatic rings. The number of ether oxygens (including phenoxy) is 8. The van der Waals surface area contributed by atoms with Crippen LogP contribution in [-0.2, 0) is 61.9 Å². The first-order valence-electron chi connectivity index (χ1n) is 11.1. The van der Waals surface area contributed by atoms with Gasteiger partial charge in [-0.15, -0.1) is 0 Å². The summed E-state index contributed by atoms with van der Waals surface area (Å²) in [6.45, 7) is 2.87. The standard InChI is InChI=1S/C21H30O16/c1-8(24)30-6-13-15(32-9(2)25)17(31-7-23)19(34-11(4)27)21(36-13)37-18-16(33-10(3)26)14(28)12(5-22)35-20(18)29/h7,12-22,28-29H,5-6H2,1-4H3/t12-,13+,14+,15+,16-,17+,18-,19-,20-,21+/m0/s1. The van der Waals surface area contributed by atoms with Crippen molar-refractivity contribution in [3.8, 4) is 0 Å². The van der Waals surface area contributed by atoms with Crippen molar-refractivity contribution in [2.24, 2.45) is 0 Å². The molecule has 2 saturated heterocycles. The monoisotopic (exact) mass is 538 g/mol. The SMILES string of the molecule is CC(=O)OC[C@H]1O[C@H](O[C@H]2[C@@H](OC(C)=O)[C@H](O)[C@H](CO)O[C@@H]2O)[C@@H](OC(C)=O)[C@H](OC=O)[C@@H]1OC(C)=O. The topological polar surface area (TPSA) is 220 Å². The number of carbonyl (C=O) groups excluding carboxylic acids is 5. The van der Waals surface area contributed by atoms with Gasteiger partial charge in [-0.25, -0.2) is 0 Å². The zero-order chi connectivity index (χ0) is 27.9. The molecule has 0 aliphatic carbocycles. The number of carbonyl (C=O) groups is 5. The highest BCUT2D eigenvalue weighted by Crippen LogP contribution is 2.33. The second-order valence-electron chi connectivity index (χ2n) is 8.10. The molecular weight excluding hydrogens is 508 g/mol. The largest absolute Gasteiger partial charge is 0.463 e. The van der Waals surface area contributed by atoms with Crippen molar-refractivity contribution in [1.82, 2.24) is 0 Å². The van der Waals surface area contributed by atoms with Crippen LogP contribution in [0.4, 0.5) is 0 Å². The van der Waals surface area contributed by atoms with E-state index in [4.69, 9.17) is 37.9 Å². The number of rotatable bonds is 10. The molecule has 2 heterocycles. The third-order valence-corrected chi connectivity index (χ3v) is 5.27. The highest BCUT2D eigenvalue weighted by molar-refractivity contribution is 5.67. The van der Waals surface area contributed by atoms with Crippen LogP contribution in [-0.4, -0.2) is 120 Å². The zero-order valence-corrected chi connectivity index (χ0v) is 20.4. The molecule has 0 radical (unpaired) electrons. The Bertz CT molecular complexity index is 831. The van der Waals surface area contributed by atoms with Gasteiger partial charge in [0.05, 0.1) is 6.61 Å². The maximum Gasteiger partial charge on any atom is 0.303 e. The fourth-order valence-corrected chi connectivity index (χ4v) is 3.88. The first-order valence-corrected chi connectivity index (χ1v) is 11.1. The van der Waals surface area contributed by atoms with Crippen molar-refractivity contribution in [2.75, 3.05) is 13.2 Å². The molecule has 0 bridgehead atoms. The Morgan fingerprint density at radius 3 is 1.84 bits per heavy atom. The summed E-state index contributed by atoms with van der Waals surface area (Å²) in [7, 11) is 0. The predicted molar refractivity (Wildman–Crippen MR) is 112 cm³/mol. The molecule has 0 aromatic heterocycles. The van der Waals surface area contributed by atoms with Crippen LogP contribution < -0.4 is 0 Å². The average Bonchev–Trinajstić information content (AvgIpc) is 2.79. The second kappa shape index (κ2) is 13.6. The molecule has 16 nitrogen and oxygen atoms in total. The summed E-state index contributed by atoms with van der Waals surface area (Å²) in [5.74, 6) is -3.36. The summed E-state index contributed by atoms with van der Waals surface area (Å²) in [5, 5.41) is 30.4. The van der Waals surface area contributed by atoms with Crippen molar-refractivity contribution in [1.29, 1.82) is 0 Å². The maximum absolute atomic E-state index is 11.9. The van der Waals surface area contributed by atoms with Crippen LogP contribution >= 0.6 is 0 Å². The summed E-state index contributed by atoms with van der Waals surface area (Å²) in [5.41, 5.74) is 0. The van der Waals surface area contributed by atoms with Gasteiger partial charge in [0.25, 0.3) is 6.47 Å². The normalized spacial score (nSPS) is 35.5. The number of aliphatic hydroxyl groups is 3. The van der Waals surface area contributed by atoms with Gasteiger partial charge in [-0.1, -0.05) is 0 Å². The van der Waals surface area contributed by atoms with Crippen LogP contribution in [0.1, 0.15) is 27.7 Å². The Hall–Kier alpha value is -2.89. The van der Waals surface area contributed by atoms with Gasteiger partial charge in [0.1, 0.15) is 24.9 Å². The molecule has 10 atom stereocenters. The summed E-state index contributed by atoms with van der Waals surface area (Å²) in [6.07, 6.45) is -16.0. The molecule has 2 rings (SSSR count). The number of hydrogen-bond donors (Lipinski definition) is 3. The lowest BCUT2D eigenvalue weighted by atomic mass is 9.96. The summed E-state index contributed by atoms with van der Waals surface area (Å²) >= 11 is 0. The van der Waals surface area contributed by atoms with Crippen LogP contribution in [0.5, 0.6) is 0 Å². The molecule has 0 aromatic carbocycles. The van der Waals surface area contributed by atoms with E-state index in [-0.39, 0.29) is 6.47 Å². The van der Waals surface area contributed by atoms with E-state index in [9.17, 15) is 39.3 Å². The zero-order valence-electron chi connectivity index (χ0n) is 20.4. The Morgan fingerprint density at radius 2 is 1.32 bits per heavy atom. The van der Waals surface area contributed by atoms with E-state index < -0.39 is 98.5 Å². The van der Waals surface area contributed by atoms with E-state index in [2.05, 4.69) is 0 Å². The maximum atomic E-state index is 11.9. The van der Waals surface area contributed by atoms with Crippen molar-refractivity contribution in [3.05, 3.63) is 0 Å². The first kappa shape index (κ1) is 30.3. The van der Waals surface area contributed by atoms with Gasteiger partial charge in [0, 0.05) is 27.7 Å². The van der Waals surface area contributed by atoms with E-state index in [1.165, 1.54) is 0 Å². The van der Waals surface area contributed by atoms with Gasteiger partial charge in [-0.05, 0) is 0 Å². The fraction of sp³-hybridized carbons (Fsp3) is 0.762. The first-order chi connectivity index (χ1) is 17.4. The fourth-order valence-electron chi connectivity index (χ4n) is 3.88. The highest BCUT2D eigenvalue weighted by Gasteiger charge is 2.55. The molecule has 37 heavy (non-hydrogen) atoms. The summed E-state index contributed by atoms with van der Waals surface area (Å²) < 4.78 is 42.1. The Kier molecular flexibility index (Phi) is 11.1. The molecule has 2 aliphatic heterocycles. The van der Waals surface area contributed by atoms with Gasteiger partial charge in [-0.2, -0.15) is 0 Å². The summed E-state index contributed by atoms with van der Waals surface area (Å²) in [6, 6.07) is 0. The number of hydrogen-bond acceptors (Lipinski definition) is 16. The minimum absolute atomic E-state index is 0.0151. The van der Waals surface area contributed by atoms with Gasteiger partial charge in [0.2, 0.25) is 0 Å². The molecular formula is C21H30O16. The van der Waals surface area contributed by atoms with E-state index in [0.717, 1.165) is 27.7 Å². The molecule has 0 spiro atoms. The molecule has 2 fully saturated rings. The van der Waals surface area contributed by atoms with Crippen LogP contribution in [0, 0.1) is 0 Å². The van der Waals surface area contributed by atoms with Crippen molar-refractivity contribution < 1.29 is 77.2 Å². The Morgan fingerprint density at radius 1 is 0.757 bits per heavy atom. The van der Waals surface area contributed by atoms with Crippen molar-refractivity contribution in [3.63, 3.8) is 0 Å². The van der Waals surface area contributed by atoms with Crippen LogP contribution in [0.25, 0.3) is 0 Å². The lowest BCUT2D eigenvalue weighted by Gasteiger charge is -2.47. The average molecular weight is 538 g/mol. The molecule has 2 aliphatic rings. The van der Waals surface area contributed by atoms with Crippen molar-refractivity contribution in [2.45, 2.75) is 89.1 Å². The van der Waals surface area contributed by atoms with Gasteiger partial charge in [-0.3, -0.25) is 24.0 Å². The molecule has 3 N–H and O–H groups in total. The molecule has 16 heteroatoms. The predicted octanol–water partition coefficient (Wildman–Crippen LogP) is -2.93. The Labute approximate surface area is 210 Å². The molecule has 0 saturated carbocycles. The van der Waals surface area contributed by atoms with Gasteiger partial charge in [0.15, 0.2) is 43.1 Å². The van der Waals surface area contributed by atoms with E-state index in [1.807, 2.05) is 0 Å². The van der Waals surface area contributed by atoms with E-state index in [0.29, 0.717) is 0 Å². The van der Waals surface area contributed by atoms with Crippen LogP contribution in [0.3, 0.4) is 0 Å². The minimum atomic E-state index is -1.91. The third kappa shape index (κ3) is 8.05. The molecule has 210 valence electrons. The smallest absolute Gasteiger partial charge is 0.303 e.